The molecule has 0 unspecified atom stereocenters. The lowest BCUT2D eigenvalue weighted by atomic mass is 10.2. The number of hydrogen-bond donors (Lipinski definition) is 2. The fourth-order valence-corrected chi connectivity index (χ4v) is 3.02. The Hall–Kier alpha value is -1.91. The lowest BCUT2D eigenvalue weighted by Crippen LogP contribution is -2.34. The van der Waals surface area contributed by atoms with E-state index < -0.39 is 5.79 Å². The first-order valence-corrected chi connectivity index (χ1v) is 7.79. The van der Waals surface area contributed by atoms with Crippen molar-refractivity contribution in [1.82, 2.24) is 5.32 Å². The highest BCUT2D eigenvalue weighted by atomic mass is 16.7. The van der Waals surface area contributed by atoms with Gasteiger partial charge in [-0.2, -0.15) is 0 Å². The Balaban J connectivity index is 1.40. The summed E-state index contributed by atoms with van der Waals surface area (Å²) in [5.41, 5.74) is 0.737. The molecule has 2 N–H and O–H groups in total. The van der Waals surface area contributed by atoms with Gasteiger partial charge in [0.15, 0.2) is 11.5 Å². The van der Waals surface area contributed by atoms with Crippen LogP contribution in [0, 0.1) is 5.92 Å². The quantitative estimate of drug-likeness (QED) is 0.897. The molecule has 2 amide bonds. The summed E-state index contributed by atoms with van der Waals surface area (Å²) in [6.07, 6.45) is 6.61. The van der Waals surface area contributed by atoms with Gasteiger partial charge in [-0.25, -0.2) is 4.79 Å². The second-order valence-electron chi connectivity index (χ2n) is 6.26. The molecule has 112 valence electrons. The van der Waals surface area contributed by atoms with Crippen molar-refractivity contribution in [3.8, 4) is 11.5 Å². The van der Waals surface area contributed by atoms with Crippen LogP contribution in [0.15, 0.2) is 18.2 Å². The Morgan fingerprint density at radius 1 is 1.19 bits per heavy atom. The predicted octanol–water partition coefficient (Wildman–Crippen LogP) is 3.26. The zero-order valence-electron chi connectivity index (χ0n) is 12.0. The zero-order chi connectivity index (χ0) is 14.3. The second-order valence-corrected chi connectivity index (χ2v) is 6.26. The molecule has 1 aromatic rings. The Morgan fingerprint density at radius 3 is 2.71 bits per heavy atom. The third-order valence-corrected chi connectivity index (χ3v) is 4.41. The Kier molecular flexibility index (Phi) is 2.94. The molecule has 1 spiro atoms. The van der Waals surface area contributed by atoms with Crippen LogP contribution in [0.25, 0.3) is 0 Å². The number of amides is 2. The van der Waals surface area contributed by atoms with Gasteiger partial charge in [0.25, 0.3) is 5.79 Å². The van der Waals surface area contributed by atoms with Crippen molar-refractivity contribution in [2.45, 2.75) is 44.3 Å². The van der Waals surface area contributed by atoms with Crippen molar-refractivity contribution in [3.63, 3.8) is 0 Å². The van der Waals surface area contributed by atoms with E-state index in [1.165, 1.54) is 12.8 Å². The number of ether oxygens (including phenoxy) is 2. The van der Waals surface area contributed by atoms with E-state index in [4.69, 9.17) is 9.47 Å². The lowest BCUT2D eigenvalue weighted by molar-refractivity contribution is -0.0716. The van der Waals surface area contributed by atoms with Crippen LogP contribution in [0.5, 0.6) is 11.5 Å². The largest absolute Gasteiger partial charge is 0.448 e. The summed E-state index contributed by atoms with van der Waals surface area (Å²) in [7, 11) is 0. The number of rotatable bonds is 3. The summed E-state index contributed by atoms with van der Waals surface area (Å²) in [5.74, 6) is 1.74. The molecule has 4 rings (SSSR count). The molecule has 3 aliphatic rings. The van der Waals surface area contributed by atoms with Gasteiger partial charge in [0, 0.05) is 31.1 Å². The molecule has 2 fully saturated rings. The monoisotopic (exact) mass is 288 g/mol. The highest BCUT2D eigenvalue weighted by Crippen LogP contribution is 2.47. The molecule has 1 aromatic carbocycles. The molecular formula is C16H20N2O3. The van der Waals surface area contributed by atoms with Crippen LogP contribution in [0.2, 0.25) is 0 Å². The molecule has 2 aliphatic carbocycles. The molecule has 0 bridgehead atoms. The van der Waals surface area contributed by atoms with Crippen LogP contribution in [0.4, 0.5) is 10.5 Å². The van der Waals surface area contributed by atoms with Crippen molar-refractivity contribution in [1.29, 1.82) is 0 Å². The minimum Gasteiger partial charge on any atom is -0.448 e. The second kappa shape index (κ2) is 4.83. The number of urea groups is 1. The zero-order valence-corrected chi connectivity index (χ0v) is 12.0. The highest BCUT2D eigenvalue weighted by Gasteiger charge is 2.44. The van der Waals surface area contributed by atoms with Gasteiger partial charge in [-0.15, -0.1) is 0 Å². The summed E-state index contributed by atoms with van der Waals surface area (Å²) in [6, 6.07) is 5.42. The van der Waals surface area contributed by atoms with Crippen molar-refractivity contribution in [2.75, 3.05) is 11.9 Å². The normalized spacial score (nSPS) is 21.5. The number of fused-ring (bicyclic) bond motifs is 1. The number of carbonyl (C=O) groups is 1. The topological polar surface area (TPSA) is 59.6 Å². The smallest absolute Gasteiger partial charge is 0.319 e. The first-order chi connectivity index (χ1) is 10.2. The van der Waals surface area contributed by atoms with Crippen LogP contribution in [0.3, 0.4) is 0 Å². The molecular weight excluding hydrogens is 268 g/mol. The molecule has 21 heavy (non-hydrogen) atoms. The number of nitrogens with one attached hydrogen (secondary N) is 2. The van der Waals surface area contributed by atoms with Crippen LogP contribution < -0.4 is 20.1 Å². The predicted molar refractivity (Wildman–Crippen MR) is 78.6 cm³/mol. The fraction of sp³-hybridized carbons (Fsp3) is 0.562. The summed E-state index contributed by atoms with van der Waals surface area (Å²) >= 11 is 0. The Labute approximate surface area is 124 Å². The molecule has 5 nitrogen and oxygen atoms in total. The van der Waals surface area contributed by atoms with Gasteiger partial charge in [-0.05, 0) is 43.7 Å². The SMILES string of the molecule is O=C(NCC1CC1)Nc1ccc2c(c1)OC1(CCCC1)O2. The maximum absolute atomic E-state index is 11.8. The standard InChI is InChI=1S/C16H20N2O3/c19-15(17-10-11-3-4-11)18-12-5-6-13-14(9-12)21-16(20-13)7-1-2-8-16/h5-6,9,11H,1-4,7-8,10H2,(H2,17,18,19). The van der Waals surface area contributed by atoms with Gasteiger partial charge < -0.3 is 20.1 Å². The van der Waals surface area contributed by atoms with Crippen molar-refractivity contribution < 1.29 is 14.3 Å². The van der Waals surface area contributed by atoms with Crippen molar-refractivity contribution in [3.05, 3.63) is 18.2 Å². The van der Waals surface area contributed by atoms with Crippen molar-refractivity contribution >= 4 is 11.7 Å². The van der Waals surface area contributed by atoms with E-state index in [0.29, 0.717) is 5.92 Å². The highest BCUT2D eigenvalue weighted by molar-refractivity contribution is 5.89. The third kappa shape index (κ3) is 2.64. The van der Waals surface area contributed by atoms with Crippen LogP contribution in [-0.2, 0) is 0 Å². The van der Waals surface area contributed by atoms with E-state index in [9.17, 15) is 4.79 Å². The number of hydrogen-bond acceptors (Lipinski definition) is 3. The minimum atomic E-state index is -0.449. The first-order valence-electron chi connectivity index (χ1n) is 7.79. The first kappa shape index (κ1) is 12.8. The summed E-state index contributed by atoms with van der Waals surface area (Å²) in [5, 5.41) is 5.74. The van der Waals surface area contributed by atoms with E-state index in [1.807, 2.05) is 18.2 Å². The van der Waals surface area contributed by atoms with Crippen LogP contribution >= 0.6 is 0 Å². The lowest BCUT2D eigenvalue weighted by Gasteiger charge is -2.21. The Bertz CT molecular complexity index is 563. The summed E-state index contributed by atoms with van der Waals surface area (Å²) in [4.78, 5) is 11.8. The van der Waals surface area contributed by atoms with Crippen LogP contribution in [-0.4, -0.2) is 18.4 Å². The Morgan fingerprint density at radius 2 is 1.95 bits per heavy atom. The number of anilines is 1. The van der Waals surface area contributed by atoms with Gasteiger partial charge >= 0.3 is 6.03 Å². The van der Waals surface area contributed by atoms with Crippen LogP contribution in [0.1, 0.15) is 38.5 Å². The average molecular weight is 288 g/mol. The molecule has 5 heteroatoms. The average Bonchev–Trinajstić information content (AvgIpc) is 3.09. The van der Waals surface area contributed by atoms with E-state index in [1.54, 1.807) is 0 Å². The third-order valence-electron chi connectivity index (χ3n) is 4.41. The van der Waals surface area contributed by atoms with E-state index in [0.717, 1.165) is 49.4 Å². The molecule has 0 saturated heterocycles. The number of benzene rings is 1. The minimum absolute atomic E-state index is 0.156. The molecule has 0 aromatic heterocycles. The molecule has 0 radical (unpaired) electrons. The van der Waals surface area contributed by atoms with E-state index in [2.05, 4.69) is 10.6 Å². The number of carbonyl (C=O) groups excluding carboxylic acids is 1. The van der Waals surface area contributed by atoms with Gasteiger partial charge in [0.1, 0.15) is 0 Å². The van der Waals surface area contributed by atoms with Gasteiger partial charge in [-0.3, -0.25) is 0 Å². The van der Waals surface area contributed by atoms with Gasteiger partial charge in [0.2, 0.25) is 0 Å². The molecule has 1 aliphatic heterocycles. The van der Waals surface area contributed by atoms with Gasteiger partial charge in [0.05, 0.1) is 0 Å². The maximum Gasteiger partial charge on any atom is 0.319 e. The van der Waals surface area contributed by atoms with E-state index in [-0.39, 0.29) is 6.03 Å². The molecule has 1 heterocycles. The van der Waals surface area contributed by atoms with Crippen molar-refractivity contribution in [2.24, 2.45) is 5.92 Å². The van der Waals surface area contributed by atoms with Gasteiger partial charge in [-0.1, -0.05) is 0 Å². The molecule has 0 atom stereocenters. The molecule has 2 saturated carbocycles. The fourth-order valence-electron chi connectivity index (χ4n) is 3.02. The van der Waals surface area contributed by atoms with E-state index >= 15 is 0 Å². The summed E-state index contributed by atoms with van der Waals surface area (Å²) < 4.78 is 11.9. The summed E-state index contributed by atoms with van der Waals surface area (Å²) in [6.45, 7) is 0.763. The maximum atomic E-state index is 11.8.